The average Bonchev–Trinajstić information content (AvgIpc) is 2.68. The van der Waals surface area contributed by atoms with Crippen LogP contribution in [0.3, 0.4) is 0 Å². The number of pyridine rings is 3. The molecule has 3 aromatic heterocycles. The number of nitrogens with zero attached hydrogens (tertiary/aromatic N) is 3. The monoisotopic (exact) mass is 337 g/mol. The molecule has 4 heteroatoms. The van der Waals surface area contributed by atoms with Crippen LogP contribution in [0.25, 0.3) is 0 Å². The molecule has 0 spiro atoms. The van der Waals surface area contributed by atoms with E-state index in [1.54, 1.807) is 0 Å². The molecule has 0 aliphatic heterocycles. The Hall–Kier alpha value is -2.12. The van der Waals surface area contributed by atoms with E-state index < -0.39 is 7.26 Å². The first-order valence-electron chi connectivity index (χ1n) is 8.62. The Kier molecular flexibility index (Phi) is 5.66. The van der Waals surface area contributed by atoms with Crippen molar-refractivity contribution in [2.75, 3.05) is 6.16 Å². The van der Waals surface area contributed by atoms with Crippen LogP contribution in [0, 0.1) is 0 Å². The second-order valence-corrected chi connectivity index (χ2v) is 9.85. The zero-order valence-corrected chi connectivity index (χ0v) is 15.1. The quantitative estimate of drug-likeness (QED) is 0.491. The molecule has 124 valence electrons. The molecule has 0 aromatic carbocycles. The Balaban J connectivity index is 2.20. The van der Waals surface area contributed by atoms with Gasteiger partial charge < -0.3 is 0 Å². The molecule has 0 N–H and O–H groups in total. The Morgan fingerprint density at radius 1 is 0.667 bits per heavy atom. The van der Waals surface area contributed by atoms with Crippen molar-refractivity contribution in [3.63, 3.8) is 0 Å². The van der Waals surface area contributed by atoms with Crippen molar-refractivity contribution in [2.24, 2.45) is 0 Å². The van der Waals surface area contributed by atoms with Gasteiger partial charge in [-0.3, -0.25) is 0 Å². The van der Waals surface area contributed by atoms with Crippen LogP contribution < -0.4 is 16.3 Å². The summed E-state index contributed by atoms with van der Waals surface area (Å²) in [5.74, 6) is 0. The van der Waals surface area contributed by atoms with Crippen molar-refractivity contribution in [3.8, 4) is 0 Å². The number of aromatic nitrogens is 3. The Morgan fingerprint density at radius 2 is 1.12 bits per heavy atom. The summed E-state index contributed by atoms with van der Waals surface area (Å²) in [4.78, 5) is 14.3. The molecule has 3 aromatic rings. The zero-order chi connectivity index (χ0) is 16.7. The first kappa shape index (κ1) is 16.7. The molecule has 0 atom stereocenters. The van der Waals surface area contributed by atoms with E-state index in [0.717, 1.165) is 22.5 Å². The molecule has 24 heavy (non-hydrogen) atoms. The maximum atomic E-state index is 4.76. The van der Waals surface area contributed by atoms with Gasteiger partial charge in [0.05, 0.1) is 0 Å². The van der Waals surface area contributed by atoms with Crippen molar-refractivity contribution < 1.29 is 0 Å². The van der Waals surface area contributed by atoms with Gasteiger partial charge in [0.25, 0.3) is 0 Å². The Labute approximate surface area is 144 Å². The van der Waals surface area contributed by atoms with E-state index in [9.17, 15) is 0 Å². The van der Waals surface area contributed by atoms with Gasteiger partial charge in [-0.15, -0.1) is 0 Å². The summed E-state index contributed by atoms with van der Waals surface area (Å²) in [6.45, 7) is 2.24. The van der Waals surface area contributed by atoms with E-state index in [0.29, 0.717) is 0 Å². The molecule has 3 heterocycles. The van der Waals surface area contributed by atoms with Gasteiger partial charge in [0, 0.05) is 0 Å². The zero-order valence-electron chi connectivity index (χ0n) is 14.1. The van der Waals surface area contributed by atoms with E-state index in [1.165, 1.54) is 19.3 Å². The SMILES string of the molecule is CCCCC[PH](c1ccccn1)(c1ccccn1)c1ccccn1. The van der Waals surface area contributed by atoms with Gasteiger partial charge in [-0.05, 0) is 0 Å². The average molecular weight is 337 g/mol. The summed E-state index contributed by atoms with van der Waals surface area (Å²) in [5.41, 5.74) is 3.45. The van der Waals surface area contributed by atoms with Crippen molar-refractivity contribution in [1.29, 1.82) is 0 Å². The fourth-order valence-electron chi connectivity index (χ4n) is 3.26. The molecular weight excluding hydrogens is 313 g/mol. The van der Waals surface area contributed by atoms with E-state index in [1.807, 2.05) is 36.8 Å². The van der Waals surface area contributed by atoms with E-state index in [-0.39, 0.29) is 0 Å². The summed E-state index contributed by atoms with van der Waals surface area (Å²) in [6.07, 6.45) is 10.4. The topological polar surface area (TPSA) is 38.7 Å². The second-order valence-electron chi connectivity index (χ2n) is 6.01. The van der Waals surface area contributed by atoms with Gasteiger partial charge in [0.15, 0.2) is 0 Å². The molecule has 0 saturated heterocycles. The fourth-order valence-corrected chi connectivity index (χ4v) is 7.63. The molecule has 3 nitrogen and oxygen atoms in total. The van der Waals surface area contributed by atoms with Crippen LogP contribution in [0.2, 0.25) is 0 Å². The van der Waals surface area contributed by atoms with Crippen LogP contribution in [0.1, 0.15) is 26.2 Å². The van der Waals surface area contributed by atoms with E-state index in [2.05, 4.69) is 43.3 Å². The number of unbranched alkanes of at least 4 members (excludes halogenated alkanes) is 2. The molecular formula is C20H24N3P. The fraction of sp³-hybridized carbons (Fsp3) is 0.250. The van der Waals surface area contributed by atoms with Crippen molar-refractivity contribution >= 4 is 23.6 Å². The van der Waals surface area contributed by atoms with Crippen LogP contribution in [0.15, 0.2) is 73.2 Å². The Morgan fingerprint density at radius 3 is 1.46 bits per heavy atom. The minimum atomic E-state index is -2.29. The normalized spacial score (nSPS) is 12.0. The second kappa shape index (κ2) is 8.12. The van der Waals surface area contributed by atoms with Crippen LogP contribution in [-0.4, -0.2) is 21.1 Å². The third-order valence-corrected chi connectivity index (χ3v) is 9.08. The van der Waals surface area contributed by atoms with Gasteiger partial charge >= 0.3 is 144 Å². The summed E-state index contributed by atoms with van der Waals surface area (Å²) < 4.78 is 0. The van der Waals surface area contributed by atoms with Gasteiger partial charge in [-0.25, -0.2) is 0 Å². The number of rotatable bonds is 7. The first-order valence-corrected chi connectivity index (χ1v) is 10.8. The van der Waals surface area contributed by atoms with Gasteiger partial charge in [-0.1, -0.05) is 0 Å². The van der Waals surface area contributed by atoms with Crippen LogP contribution in [0.5, 0.6) is 0 Å². The third-order valence-electron chi connectivity index (χ3n) is 4.46. The Bertz CT molecular complexity index is 636. The summed E-state index contributed by atoms with van der Waals surface area (Å²) in [7, 11) is -2.29. The molecule has 0 amide bonds. The van der Waals surface area contributed by atoms with E-state index in [4.69, 9.17) is 15.0 Å². The summed E-state index contributed by atoms with van der Waals surface area (Å²) >= 11 is 0. The summed E-state index contributed by atoms with van der Waals surface area (Å²) in [5, 5.41) is 0. The van der Waals surface area contributed by atoms with Crippen molar-refractivity contribution in [2.45, 2.75) is 26.2 Å². The molecule has 0 aliphatic carbocycles. The molecule has 0 fully saturated rings. The van der Waals surface area contributed by atoms with Crippen molar-refractivity contribution in [1.82, 2.24) is 15.0 Å². The molecule has 0 saturated carbocycles. The minimum absolute atomic E-state index is 1.09. The van der Waals surface area contributed by atoms with Crippen LogP contribution in [-0.2, 0) is 0 Å². The molecule has 3 rings (SSSR count). The van der Waals surface area contributed by atoms with Gasteiger partial charge in [0.2, 0.25) is 0 Å². The molecule has 0 bridgehead atoms. The van der Waals surface area contributed by atoms with Crippen LogP contribution in [0.4, 0.5) is 0 Å². The van der Waals surface area contributed by atoms with Gasteiger partial charge in [-0.2, -0.15) is 0 Å². The first-order chi connectivity index (χ1) is 11.9. The number of hydrogen-bond acceptors (Lipinski definition) is 3. The predicted molar refractivity (Wildman–Crippen MR) is 104 cm³/mol. The van der Waals surface area contributed by atoms with Gasteiger partial charge in [0.1, 0.15) is 0 Å². The molecule has 0 radical (unpaired) electrons. The number of hydrogen-bond donors (Lipinski definition) is 0. The molecule has 0 aliphatic rings. The standard InChI is InChI=1S/C20H24N3P/c1-2-3-10-17-24(18-11-4-7-14-21-18,19-12-5-8-15-22-19)20-13-6-9-16-23-20/h4-9,11-16,24H,2-3,10,17H2,1H3. The summed E-state index contributed by atoms with van der Waals surface area (Å²) in [6, 6.07) is 18.6. The molecule has 0 unspecified atom stereocenters. The van der Waals surface area contributed by atoms with Crippen molar-refractivity contribution in [3.05, 3.63) is 73.2 Å². The predicted octanol–water partition coefficient (Wildman–Crippen LogP) is 3.09. The van der Waals surface area contributed by atoms with Crippen LogP contribution >= 0.6 is 7.26 Å². The maximum absolute atomic E-state index is 4.76. The van der Waals surface area contributed by atoms with E-state index >= 15 is 0 Å². The third kappa shape index (κ3) is 3.37.